The molecule has 3 rings (SSSR count). The number of benzene rings is 1. The minimum absolute atomic E-state index is 0.0736. The minimum atomic E-state index is -0.387. The maximum absolute atomic E-state index is 11.2. The molecule has 2 N–H and O–H groups in total. The van der Waals surface area contributed by atoms with E-state index in [9.17, 15) is 10.1 Å². The summed E-state index contributed by atoms with van der Waals surface area (Å²) in [4.78, 5) is 24.1. The molecule has 0 spiro atoms. The number of rotatable bonds is 7. The molecule has 0 aliphatic heterocycles. The lowest BCUT2D eigenvalue weighted by Crippen LogP contribution is -2.14. The van der Waals surface area contributed by atoms with Crippen LogP contribution in [-0.4, -0.2) is 25.9 Å². The standard InChI is InChI=1S/C19H20N6O2/c1-13(2)22-19-23-16(15-8-5-6-10-20-15)11-18(24-19)21-12-14-7-3-4-9-17(14)25(26)27/h3-11,13H,12H2,1-2H3,(H2,21,22,23,24). The van der Waals surface area contributed by atoms with Crippen LogP contribution in [0.15, 0.2) is 54.7 Å². The Morgan fingerprint density at radius 2 is 1.85 bits per heavy atom. The number of anilines is 2. The van der Waals surface area contributed by atoms with Crippen LogP contribution in [0.1, 0.15) is 19.4 Å². The van der Waals surface area contributed by atoms with Crippen LogP contribution in [0, 0.1) is 10.1 Å². The van der Waals surface area contributed by atoms with E-state index in [1.54, 1.807) is 30.5 Å². The van der Waals surface area contributed by atoms with Gasteiger partial charge in [-0.2, -0.15) is 4.98 Å². The highest BCUT2D eigenvalue weighted by Gasteiger charge is 2.13. The van der Waals surface area contributed by atoms with Gasteiger partial charge in [-0.3, -0.25) is 15.1 Å². The first-order chi connectivity index (χ1) is 13.0. The summed E-state index contributed by atoms with van der Waals surface area (Å²) in [6.07, 6.45) is 1.70. The Kier molecular flexibility index (Phi) is 5.55. The number of hydrogen-bond acceptors (Lipinski definition) is 7. The molecule has 0 saturated carbocycles. The van der Waals surface area contributed by atoms with Crippen molar-refractivity contribution in [1.82, 2.24) is 15.0 Å². The van der Waals surface area contributed by atoms with Gasteiger partial charge in [0.1, 0.15) is 5.82 Å². The summed E-state index contributed by atoms with van der Waals surface area (Å²) in [5.41, 5.74) is 2.04. The molecule has 0 fully saturated rings. The summed E-state index contributed by atoms with van der Waals surface area (Å²) in [7, 11) is 0. The lowest BCUT2D eigenvalue weighted by molar-refractivity contribution is -0.385. The van der Waals surface area contributed by atoms with Crippen molar-refractivity contribution in [2.75, 3.05) is 10.6 Å². The van der Waals surface area contributed by atoms with Gasteiger partial charge in [-0.1, -0.05) is 24.3 Å². The molecule has 0 radical (unpaired) electrons. The van der Waals surface area contributed by atoms with Gasteiger partial charge in [0, 0.05) is 36.5 Å². The SMILES string of the molecule is CC(C)Nc1nc(NCc2ccccc2[N+](=O)[O-])cc(-c2ccccn2)n1. The molecule has 0 atom stereocenters. The van der Waals surface area contributed by atoms with Crippen molar-refractivity contribution < 1.29 is 4.92 Å². The van der Waals surface area contributed by atoms with Crippen molar-refractivity contribution in [1.29, 1.82) is 0 Å². The average molecular weight is 364 g/mol. The van der Waals surface area contributed by atoms with Gasteiger partial charge >= 0.3 is 0 Å². The first kappa shape index (κ1) is 18.2. The molecule has 0 aliphatic rings. The number of aromatic nitrogens is 3. The van der Waals surface area contributed by atoms with Crippen LogP contribution in [0.3, 0.4) is 0 Å². The van der Waals surface area contributed by atoms with Gasteiger partial charge < -0.3 is 10.6 Å². The number of para-hydroxylation sites is 1. The highest BCUT2D eigenvalue weighted by molar-refractivity contribution is 5.61. The highest BCUT2D eigenvalue weighted by atomic mass is 16.6. The maximum Gasteiger partial charge on any atom is 0.274 e. The first-order valence-electron chi connectivity index (χ1n) is 8.56. The van der Waals surface area contributed by atoms with E-state index in [-0.39, 0.29) is 23.2 Å². The van der Waals surface area contributed by atoms with Crippen molar-refractivity contribution in [2.24, 2.45) is 0 Å². The highest BCUT2D eigenvalue weighted by Crippen LogP contribution is 2.22. The molecule has 0 unspecified atom stereocenters. The van der Waals surface area contributed by atoms with E-state index in [0.717, 1.165) is 5.69 Å². The Morgan fingerprint density at radius 1 is 1.07 bits per heavy atom. The summed E-state index contributed by atoms with van der Waals surface area (Å²) >= 11 is 0. The summed E-state index contributed by atoms with van der Waals surface area (Å²) in [5.74, 6) is 1.03. The Balaban J connectivity index is 1.89. The third-order valence-corrected chi connectivity index (χ3v) is 3.72. The smallest absolute Gasteiger partial charge is 0.274 e. The van der Waals surface area contributed by atoms with Crippen molar-refractivity contribution in [3.63, 3.8) is 0 Å². The lowest BCUT2D eigenvalue weighted by atomic mass is 10.2. The second-order valence-electron chi connectivity index (χ2n) is 6.22. The predicted octanol–water partition coefficient (Wildman–Crippen LogP) is 3.88. The van der Waals surface area contributed by atoms with Crippen LogP contribution in [0.4, 0.5) is 17.5 Å². The fraction of sp³-hybridized carbons (Fsp3) is 0.211. The van der Waals surface area contributed by atoms with E-state index in [1.165, 1.54) is 6.07 Å². The predicted molar refractivity (Wildman–Crippen MR) is 104 cm³/mol. The van der Waals surface area contributed by atoms with Gasteiger partial charge in [-0.05, 0) is 26.0 Å². The van der Waals surface area contributed by atoms with Crippen LogP contribution in [0.25, 0.3) is 11.4 Å². The van der Waals surface area contributed by atoms with Crippen LogP contribution in [-0.2, 0) is 6.54 Å². The van der Waals surface area contributed by atoms with Crippen LogP contribution in [0.5, 0.6) is 0 Å². The van der Waals surface area contributed by atoms with Gasteiger partial charge in [0.25, 0.3) is 5.69 Å². The molecule has 0 aliphatic carbocycles. The number of pyridine rings is 1. The van der Waals surface area contributed by atoms with E-state index in [4.69, 9.17) is 0 Å². The molecule has 2 aromatic heterocycles. The van der Waals surface area contributed by atoms with E-state index in [1.807, 2.05) is 32.0 Å². The van der Waals surface area contributed by atoms with E-state index in [2.05, 4.69) is 25.6 Å². The largest absolute Gasteiger partial charge is 0.366 e. The third kappa shape index (κ3) is 4.75. The maximum atomic E-state index is 11.2. The van der Waals surface area contributed by atoms with Gasteiger partial charge in [0.2, 0.25) is 5.95 Å². The molecule has 0 saturated heterocycles. The van der Waals surface area contributed by atoms with Crippen molar-refractivity contribution in [2.45, 2.75) is 26.4 Å². The molecule has 138 valence electrons. The van der Waals surface area contributed by atoms with Gasteiger partial charge in [0.15, 0.2) is 0 Å². The molecule has 2 heterocycles. The van der Waals surface area contributed by atoms with E-state index < -0.39 is 0 Å². The molecule has 8 heteroatoms. The Hall–Kier alpha value is -3.55. The van der Waals surface area contributed by atoms with Crippen molar-refractivity contribution in [3.8, 4) is 11.4 Å². The molecule has 0 amide bonds. The molecule has 8 nitrogen and oxygen atoms in total. The summed E-state index contributed by atoms with van der Waals surface area (Å²) < 4.78 is 0. The quantitative estimate of drug-likeness (QED) is 0.484. The van der Waals surface area contributed by atoms with Crippen LogP contribution in [0.2, 0.25) is 0 Å². The summed E-state index contributed by atoms with van der Waals surface area (Å²) in [6.45, 7) is 4.27. The number of nitro benzene ring substituents is 1. The number of nitrogens with one attached hydrogen (secondary N) is 2. The van der Waals surface area contributed by atoms with Crippen molar-refractivity contribution in [3.05, 3.63) is 70.4 Å². The lowest BCUT2D eigenvalue weighted by Gasteiger charge is -2.13. The molecule has 27 heavy (non-hydrogen) atoms. The van der Waals surface area contributed by atoms with Gasteiger partial charge in [-0.15, -0.1) is 0 Å². The first-order valence-corrected chi connectivity index (χ1v) is 8.56. The molecular weight excluding hydrogens is 344 g/mol. The Morgan fingerprint density at radius 3 is 2.56 bits per heavy atom. The fourth-order valence-electron chi connectivity index (χ4n) is 2.53. The Labute approximate surface area is 156 Å². The monoisotopic (exact) mass is 364 g/mol. The molecule has 1 aromatic carbocycles. The minimum Gasteiger partial charge on any atom is -0.366 e. The second kappa shape index (κ2) is 8.22. The van der Waals surface area contributed by atoms with Crippen LogP contribution < -0.4 is 10.6 Å². The van der Waals surface area contributed by atoms with Gasteiger partial charge in [-0.25, -0.2) is 4.98 Å². The molecule has 3 aromatic rings. The number of nitrogens with zero attached hydrogens (tertiary/aromatic N) is 4. The topological polar surface area (TPSA) is 106 Å². The van der Waals surface area contributed by atoms with Gasteiger partial charge in [0.05, 0.1) is 16.3 Å². The zero-order chi connectivity index (χ0) is 19.2. The zero-order valence-electron chi connectivity index (χ0n) is 15.1. The third-order valence-electron chi connectivity index (χ3n) is 3.72. The molecular formula is C19H20N6O2. The number of hydrogen-bond donors (Lipinski definition) is 2. The van der Waals surface area contributed by atoms with Crippen molar-refractivity contribution >= 4 is 17.5 Å². The number of nitro groups is 1. The molecule has 0 bridgehead atoms. The fourth-order valence-corrected chi connectivity index (χ4v) is 2.53. The van der Waals surface area contributed by atoms with E-state index in [0.29, 0.717) is 23.0 Å². The average Bonchev–Trinajstić information content (AvgIpc) is 2.66. The second-order valence-corrected chi connectivity index (χ2v) is 6.22. The Bertz CT molecular complexity index is 930. The summed E-state index contributed by atoms with van der Waals surface area (Å²) in [6, 6.07) is 14.2. The van der Waals surface area contributed by atoms with E-state index >= 15 is 0 Å². The summed E-state index contributed by atoms with van der Waals surface area (Å²) in [5, 5.41) is 17.5. The normalized spacial score (nSPS) is 10.6. The zero-order valence-corrected chi connectivity index (χ0v) is 15.1. The van der Waals surface area contributed by atoms with Crippen LogP contribution >= 0.6 is 0 Å².